The van der Waals surface area contributed by atoms with Crippen molar-refractivity contribution in [1.82, 2.24) is 9.88 Å². The Labute approximate surface area is 93.7 Å². The number of aliphatic hydroxyl groups is 1. The lowest BCUT2D eigenvalue weighted by Gasteiger charge is -2.34. The molecule has 2 rings (SSSR count). The minimum absolute atomic E-state index is 0.0847. The Morgan fingerprint density at radius 2 is 2.44 bits per heavy atom. The molecule has 5 nitrogen and oxygen atoms in total. The predicted octanol–water partition coefficient (Wildman–Crippen LogP) is -0.199. The molecule has 0 aliphatic carbocycles. The lowest BCUT2D eigenvalue weighted by molar-refractivity contribution is -0.151. The van der Waals surface area contributed by atoms with Crippen molar-refractivity contribution in [2.45, 2.75) is 12.6 Å². The number of aliphatic hydroxyl groups excluding tert-OH is 1. The molecule has 1 N–H and O–H groups in total. The van der Waals surface area contributed by atoms with E-state index in [1.807, 2.05) is 18.2 Å². The normalized spacial score (nSPS) is 21.2. The molecule has 1 saturated heterocycles. The van der Waals surface area contributed by atoms with Gasteiger partial charge in [0.15, 0.2) is 0 Å². The molecule has 1 unspecified atom stereocenters. The Balaban J connectivity index is 2.08. The number of ether oxygens (including phenoxy) is 1. The molecule has 1 atom stereocenters. The van der Waals surface area contributed by atoms with Gasteiger partial charge >= 0.3 is 0 Å². The summed E-state index contributed by atoms with van der Waals surface area (Å²) in [5.74, 6) is -0.101. The summed E-state index contributed by atoms with van der Waals surface area (Å²) in [4.78, 5) is 17.4. The van der Waals surface area contributed by atoms with Gasteiger partial charge in [0.2, 0.25) is 5.91 Å². The fourth-order valence-corrected chi connectivity index (χ4v) is 1.69. The minimum atomic E-state index is -0.261. The second-order valence-electron chi connectivity index (χ2n) is 3.69. The molecule has 0 bridgehead atoms. The Morgan fingerprint density at radius 1 is 1.56 bits per heavy atom. The highest BCUT2D eigenvalue weighted by atomic mass is 16.5. The third-order valence-corrected chi connectivity index (χ3v) is 2.57. The number of amides is 1. The number of carbonyl (C=O) groups excluding carboxylic acids is 1. The van der Waals surface area contributed by atoms with Crippen molar-refractivity contribution < 1.29 is 14.6 Å². The maximum Gasteiger partial charge on any atom is 0.249 e. The molecule has 1 amide bonds. The van der Waals surface area contributed by atoms with Gasteiger partial charge in [-0.2, -0.15) is 0 Å². The molecule has 5 heteroatoms. The molecule has 1 aliphatic rings. The first-order valence-electron chi connectivity index (χ1n) is 5.19. The number of pyridine rings is 1. The van der Waals surface area contributed by atoms with Gasteiger partial charge < -0.3 is 14.7 Å². The van der Waals surface area contributed by atoms with Crippen molar-refractivity contribution in [2.75, 3.05) is 19.8 Å². The molecule has 0 aromatic carbocycles. The van der Waals surface area contributed by atoms with Crippen LogP contribution in [0.2, 0.25) is 0 Å². The molecule has 0 saturated carbocycles. The molecular formula is C11H14N2O3. The van der Waals surface area contributed by atoms with E-state index in [0.717, 1.165) is 5.69 Å². The summed E-state index contributed by atoms with van der Waals surface area (Å²) in [5.41, 5.74) is 0.816. The number of aromatic nitrogens is 1. The molecule has 0 spiro atoms. The molecule has 1 fully saturated rings. The van der Waals surface area contributed by atoms with E-state index in [1.165, 1.54) is 0 Å². The fraction of sp³-hybridized carbons (Fsp3) is 0.455. The fourth-order valence-electron chi connectivity index (χ4n) is 1.69. The largest absolute Gasteiger partial charge is 0.394 e. The van der Waals surface area contributed by atoms with Crippen molar-refractivity contribution in [3.05, 3.63) is 30.1 Å². The minimum Gasteiger partial charge on any atom is -0.394 e. The van der Waals surface area contributed by atoms with Gasteiger partial charge in [-0.05, 0) is 12.1 Å². The van der Waals surface area contributed by atoms with E-state index in [2.05, 4.69) is 4.98 Å². The van der Waals surface area contributed by atoms with Crippen LogP contribution >= 0.6 is 0 Å². The second-order valence-corrected chi connectivity index (χ2v) is 3.69. The first-order chi connectivity index (χ1) is 7.81. The summed E-state index contributed by atoms with van der Waals surface area (Å²) in [6, 6.07) is 5.30. The van der Waals surface area contributed by atoms with Gasteiger partial charge in [-0.3, -0.25) is 9.78 Å². The summed E-state index contributed by atoms with van der Waals surface area (Å²) < 4.78 is 5.08. The van der Waals surface area contributed by atoms with Gasteiger partial charge in [0.1, 0.15) is 6.61 Å². The summed E-state index contributed by atoms with van der Waals surface area (Å²) in [6.45, 7) is 0.811. The quantitative estimate of drug-likeness (QED) is 0.769. The van der Waals surface area contributed by atoms with Gasteiger partial charge in [-0.25, -0.2) is 0 Å². The third kappa shape index (κ3) is 2.37. The topological polar surface area (TPSA) is 62.7 Å². The summed E-state index contributed by atoms with van der Waals surface area (Å²) in [7, 11) is 0. The molecule has 1 aliphatic heterocycles. The van der Waals surface area contributed by atoms with E-state index in [0.29, 0.717) is 13.2 Å². The number of hydrogen-bond acceptors (Lipinski definition) is 4. The molecule has 1 aromatic heterocycles. The van der Waals surface area contributed by atoms with Crippen LogP contribution in [0.15, 0.2) is 24.4 Å². The van der Waals surface area contributed by atoms with Crippen LogP contribution < -0.4 is 0 Å². The smallest absolute Gasteiger partial charge is 0.249 e. The van der Waals surface area contributed by atoms with Crippen molar-refractivity contribution >= 4 is 5.91 Å². The Kier molecular flexibility index (Phi) is 3.48. The van der Waals surface area contributed by atoms with Crippen molar-refractivity contribution in [3.8, 4) is 0 Å². The lowest BCUT2D eigenvalue weighted by Crippen LogP contribution is -2.50. The standard InChI is InChI=1S/C11H14N2O3/c14-6-10-7-16-8-11(15)13(10)5-9-3-1-2-4-12-9/h1-4,10,14H,5-8H2. The maximum atomic E-state index is 11.6. The monoisotopic (exact) mass is 222 g/mol. The first-order valence-corrected chi connectivity index (χ1v) is 5.19. The molecular weight excluding hydrogens is 208 g/mol. The van der Waals surface area contributed by atoms with Gasteiger partial charge in [0.05, 0.1) is 31.5 Å². The average molecular weight is 222 g/mol. The SMILES string of the molecule is O=C1COCC(CO)N1Cc1ccccn1. The van der Waals surface area contributed by atoms with Crippen molar-refractivity contribution in [1.29, 1.82) is 0 Å². The Bertz CT molecular complexity index is 356. The number of nitrogens with zero attached hydrogens (tertiary/aromatic N) is 2. The number of hydrogen-bond donors (Lipinski definition) is 1. The van der Waals surface area contributed by atoms with E-state index >= 15 is 0 Å². The third-order valence-electron chi connectivity index (χ3n) is 2.57. The van der Waals surface area contributed by atoms with E-state index in [1.54, 1.807) is 11.1 Å². The van der Waals surface area contributed by atoms with E-state index < -0.39 is 0 Å². The highest BCUT2D eigenvalue weighted by Gasteiger charge is 2.28. The first kappa shape index (κ1) is 11.0. The average Bonchev–Trinajstić information content (AvgIpc) is 2.33. The number of carbonyl (C=O) groups is 1. The second kappa shape index (κ2) is 5.05. The molecule has 16 heavy (non-hydrogen) atoms. The summed E-state index contributed by atoms with van der Waals surface area (Å²) >= 11 is 0. The van der Waals surface area contributed by atoms with Gasteiger partial charge in [-0.1, -0.05) is 6.07 Å². The van der Waals surface area contributed by atoms with Crippen LogP contribution in [0.1, 0.15) is 5.69 Å². The zero-order valence-corrected chi connectivity index (χ0v) is 8.87. The highest BCUT2D eigenvalue weighted by molar-refractivity contribution is 5.78. The number of morpholine rings is 1. The van der Waals surface area contributed by atoms with Crippen LogP contribution in [-0.2, 0) is 16.1 Å². The van der Waals surface area contributed by atoms with E-state index in [4.69, 9.17) is 9.84 Å². The van der Waals surface area contributed by atoms with E-state index in [9.17, 15) is 4.79 Å². The van der Waals surface area contributed by atoms with Crippen LogP contribution in [0.5, 0.6) is 0 Å². The number of rotatable bonds is 3. The molecule has 0 radical (unpaired) electrons. The lowest BCUT2D eigenvalue weighted by atomic mass is 10.2. The van der Waals surface area contributed by atoms with Crippen LogP contribution in [0.4, 0.5) is 0 Å². The predicted molar refractivity (Wildman–Crippen MR) is 56.5 cm³/mol. The zero-order valence-electron chi connectivity index (χ0n) is 8.87. The molecule has 2 heterocycles. The van der Waals surface area contributed by atoms with Crippen LogP contribution in [0.3, 0.4) is 0 Å². The summed E-state index contributed by atoms with van der Waals surface area (Å²) in [5, 5.41) is 9.16. The Hall–Kier alpha value is -1.46. The summed E-state index contributed by atoms with van der Waals surface area (Å²) in [6.07, 6.45) is 1.69. The van der Waals surface area contributed by atoms with E-state index in [-0.39, 0.29) is 25.2 Å². The van der Waals surface area contributed by atoms with Gasteiger partial charge in [0, 0.05) is 6.20 Å². The van der Waals surface area contributed by atoms with Gasteiger partial charge in [0.25, 0.3) is 0 Å². The zero-order chi connectivity index (χ0) is 11.4. The maximum absolute atomic E-state index is 11.6. The van der Waals surface area contributed by atoms with Crippen molar-refractivity contribution in [2.24, 2.45) is 0 Å². The molecule has 86 valence electrons. The van der Waals surface area contributed by atoms with Crippen LogP contribution in [0, 0.1) is 0 Å². The highest BCUT2D eigenvalue weighted by Crippen LogP contribution is 2.11. The van der Waals surface area contributed by atoms with Crippen LogP contribution in [-0.4, -0.2) is 46.8 Å². The van der Waals surface area contributed by atoms with Crippen molar-refractivity contribution in [3.63, 3.8) is 0 Å². The van der Waals surface area contributed by atoms with Crippen LogP contribution in [0.25, 0.3) is 0 Å². The molecule has 1 aromatic rings. The van der Waals surface area contributed by atoms with Gasteiger partial charge in [-0.15, -0.1) is 0 Å². The Morgan fingerprint density at radius 3 is 3.12 bits per heavy atom.